The lowest BCUT2D eigenvalue weighted by molar-refractivity contribution is 0.462. The topological polar surface area (TPSA) is 49.8 Å². The zero-order valence-corrected chi connectivity index (χ0v) is 13.5. The number of nitrogens with zero attached hydrogens (tertiary/aromatic N) is 2. The largest absolute Gasteiger partial charge is 0.367 e. The first-order valence-corrected chi connectivity index (χ1v) is 8.20. The van der Waals surface area contributed by atoms with Crippen LogP contribution in [0.15, 0.2) is 30.6 Å². The van der Waals surface area contributed by atoms with Crippen molar-refractivity contribution in [1.29, 1.82) is 0 Å². The summed E-state index contributed by atoms with van der Waals surface area (Å²) in [5, 5.41) is 7.53. The Morgan fingerprint density at radius 1 is 1.05 bits per heavy atom. The second-order valence-corrected chi connectivity index (χ2v) is 6.26. The van der Waals surface area contributed by atoms with Crippen molar-refractivity contribution in [1.82, 2.24) is 9.97 Å². The lowest BCUT2D eigenvalue weighted by Crippen LogP contribution is -2.22. The average molecular weight is 317 g/mol. The van der Waals surface area contributed by atoms with Crippen molar-refractivity contribution in [3.05, 3.63) is 41.2 Å². The van der Waals surface area contributed by atoms with Gasteiger partial charge in [-0.05, 0) is 37.5 Å². The van der Waals surface area contributed by atoms with Crippen LogP contribution in [-0.4, -0.2) is 16.0 Å². The van der Waals surface area contributed by atoms with Crippen molar-refractivity contribution in [2.45, 2.75) is 45.1 Å². The fourth-order valence-corrected chi connectivity index (χ4v) is 2.96. The molecule has 116 valence electrons. The Hall–Kier alpha value is -1.81. The first kappa shape index (κ1) is 15.1. The second kappa shape index (κ2) is 6.97. The van der Waals surface area contributed by atoms with Gasteiger partial charge in [-0.15, -0.1) is 0 Å². The highest BCUT2D eigenvalue weighted by atomic mass is 35.5. The molecule has 0 unspecified atom stereocenters. The van der Waals surface area contributed by atoms with E-state index in [0.29, 0.717) is 6.04 Å². The zero-order valence-electron chi connectivity index (χ0n) is 12.8. The summed E-state index contributed by atoms with van der Waals surface area (Å²) in [5.74, 6) is 1.65. The monoisotopic (exact) mass is 316 g/mol. The van der Waals surface area contributed by atoms with Crippen LogP contribution in [0.2, 0.25) is 5.02 Å². The van der Waals surface area contributed by atoms with E-state index in [2.05, 4.69) is 20.6 Å². The van der Waals surface area contributed by atoms with Crippen molar-refractivity contribution < 1.29 is 0 Å². The minimum Gasteiger partial charge on any atom is -0.367 e. The third-order valence-electron chi connectivity index (χ3n) is 4.07. The van der Waals surface area contributed by atoms with Crippen LogP contribution >= 0.6 is 11.6 Å². The van der Waals surface area contributed by atoms with Gasteiger partial charge in [0.2, 0.25) is 0 Å². The number of aromatic nitrogens is 2. The SMILES string of the molecule is Cc1ccc(Nc2cc(NC3CCCCC3)ncn2)cc1Cl. The first-order valence-electron chi connectivity index (χ1n) is 7.82. The van der Waals surface area contributed by atoms with Gasteiger partial charge in [-0.1, -0.05) is 36.9 Å². The van der Waals surface area contributed by atoms with E-state index in [1.807, 2.05) is 31.2 Å². The lowest BCUT2D eigenvalue weighted by Gasteiger charge is -2.23. The number of anilines is 3. The number of nitrogens with one attached hydrogen (secondary N) is 2. The molecule has 1 aliphatic rings. The molecule has 0 amide bonds. The van der Waals surface area contributed by atoms with Gasteiger partial charge < -0.3 is 10.6 Å². The van der Waals surface area contributed by atoms with Crippen molar-refractivity contribution in [3.63, 3.8) is 0 Å². The summed E-state index contributed by atoms with van der Waals surface area (Å²) >= 11 is 6.16. The van der Waals surface area contributed by atoms with Crippen molar-refractivity contribution >= 4 is 28.9 Å². The lowest BCUT2D eigenvalue weighted by atomic mass is 9.95. The summed E-state index contributed by atoms with van der Waals surface area (Å²) in [7, 11) is 0. The Bertz CT molecular complexity index is 638. The molecule has 4 nitrogen and oxygen atoms in total. The van der Waals surface area contributed by atoms with Gasteiger partial charge in [0.05, 0.1) is 0 Å². The molecule has 1 heterocycles. The number of rotatable bonds is 4. The van der Waals surface area contributed by atoms with Crippen LogP contribution in [-0.2, 0) is 0 Å². The van der Waals surface area contributed by atoms with Gasteiger partial charge in [0, 0.05) is 22.8 Å². The quantitative estimate of drug-likeness (QED) is 0.840. The molecule has 1 aromatic heterocycles. The van der Waals surface area contributed by atoms with Crippen molar-refractivity contribution in [2.75, 3.05) is 10.6 Å². The highest BCUT2D eigenvalue weighted by Crippen LogP contribution is 2.24. The van der Waals surface area contributed by atoms with E-state index in [9.17, 15) is 0 Å². The van der Waals surface area contributed by atoms with Gasteiger partial charge in [0.1, 0.15) is 18.0 Å². The molecule has 5 heteroatoms. The first-order chi connectivity index (χ1) is 10.7. The van der Waals surface area contributed by atoms with Crippen LogP contribution < -0.4 is 10.6 Å². The Kier molecular flexibility index (Phi) is 4.78. The number of halogens is 1. The summed E-state index contributed by atoms with van der Waals surface area (Å²) in [6.07, 6.45) is 7.98. The molecular weight excluding hydrogens is 296 g/mol. The Morgan fingerprint density at radius 3 is 2.59 bits per heavy atom. The summed E-state index contributed by atoms with van der Waals surface area (Å²) in [6, 6.07) is 8.38. The molecule has 0 aliphatic heterocycles. The van der Waals surface area contributed by atoms with Crippen molar-refractivity contribution in [2.24, 2.45) is 0 Å². The molecule has 2 aromatic rings. The maximum absolute atomic E-state index is 6.16. The van der Waals surface area contributed by atoms with E-state index in [1.165, 1.54) is 32.1 Å². The molecule has 0 bridgehead atoms. The number of hydrogen-bond donors (Lipinski definition) is 2. The molecular formula is C17H21ClN4. The average Bonchev–Trinajstić information content (AvgIpc) is 2.52. The molecule has 0 saturated heterocycles. The van der Waals surface area contributed by atoms with Gasteiger partial charge in [-0.2, -0.15) is 0 Å². The minimum absolute atomic E-state index is 0.533. The maximum Gasteiger partial charge on any atom is 0.135 e. The van der Waals surface area contributed by atoms with E-state index < -0.39 is 0 Å². The molecule has 1 aliphatic carbocycles. The Balaban J connectivity index is 1.68. The van der Waals surface area contributed by atoms with Crippen LogP contribution in [0.25, 0.3) is 0 Å². The second-order valence-electron chi connectivity index (χ2n) is 5.86. The van der Waals surface area contributed by atoms with Crippen molar-refractivity contribution in [3.8, 4) is 0 Å². The molecule has 1 saturated carbocycles. The number of aryl methyl sites for hydroxylation is 1. The fraction of sp³-hybridized carbons (Fsp3) is 0.412. The third kappa shape index (κ3) is 3.89. The van der Waals surface area contributed by atoms with Gasteiger partial charge in [-0.3, -0.25) is 0 Å². The van der Waals surface area contributed by atoms with E-state index in [0.717, 1.165) is 27.9 Å². The highest BCUT2D eigenvalue weighted by Gasteiger charge is 2.13. The molecule has 1 aromatic carbocycles. The van der Waals surface area contributed by atoms with Gasteiger partial charge in [-0.25, -0.2) is 9.97 Å². The van der Waals surface area contributed by atoms with Gasteiger partial charge >= 0.3 is 0 Å². The summed E-state index contributed by atoms with van der Waals surface area (Å²) in [4.78, 5) is 8.59. The van der Waals surface area contributed by atoms with E-state index in [1.54, 1.807) is 6.33 Å². The smallest absolute Gasteiger partial charge is 0.135 e. The van der Waals surface area contributed by atoms with Gasteiger partial charge in [0.15, 0.2) is 0 Å². The Labute approximate surface area is 136 Å². The Morgan fingerprint density at radius 2 is 1.82 bits per heavy atom. The molecule has 0 radical (unpaired) electrons. The predicted molar refractivity (Wildman–Crippen MR) is 92.0 cm³/mol. The standard InChI is InChI=1S/C17H21ClN4/c1-12-7-8-14(9-15(12)18)22-17-10-16(19-11-20-17)21-13-5-3-2-4-6-13/h7-11,13H,2-6H2,1H3,(H2,19,20,21,22). The summed E-state index contributed by atoms with van der Waals surface area (Å²) in [6.45, 7) is 1.99. The summed E-state index contributed by atoms with van der Waals surface area (Å²) < 4.78 is 0. The van der Waals surface area contributed by atoms with Crippen LogP contribution in [0.3, 0.4) is 0 Å². The molecule has 22 heavy (non-hydrogen) atoms. The van der Waals surface area contributed by atoms with Crippen LogP contribution in [0.1, 0.15) is 37.7 Å². The molecule has 0 spiro atoms. The molecule has 0 atom stereocenters. The predicted octanol–water partition coefficient (Wildman–Crippen LogP) is 4.93. The van der Waals surface area contributed by atoms with Crippen LogP contribution in [0.4, 0.5) is 17.3 Å². The van der Waals surface area contributed by atoms with Crippen LogP contribution in [0.5, 0.6) is 0 Å². The maximum atomic E-state index is 6.16. The fourth-order valence-electron chi connectivity index (χ4n) is 2.78. The van der Waals surface area contributed by atoms with E-state index >= 15 is 0 Å². The highest BCUT2D eigenvalue weighted by molar-refractivity contribution is 6.31. The van der Waals surface area contributed by atoms with Gasteiger partial charge in [0.25, 0.3) is 0 Å². The zero-order chi connectivity index (χ0) is 15.4. The normalized spacial score (nSPS) is 15.5. The van der Waals surface area contributed by atoms with E-state index in [-0.39, 0.29) is 0 Å². The van der Waals surface area contributed by atoms with E-state index in [4.69, 9.17) is 11.6 Å². The summed E-state index contributed by atoms with van der Waals surface area (Å²) in [5.41, 5.74) is 1.99. The molecule has 1 fully saturated rings. The third-order valence-corrected chi connectivity index (χ3v) is 4.48. The van der Waals surface area contributed by atoms with Crippen LogP contribution in [0, 0.1) is 6.92 Å². The molecule has 2 N–H and O–H groups in total. The molecule has 3 rings (SSSR count). The number of hydrogen-bond acceptors (Lipinski definition) is 4. The number of benzene rings is 1. The minimum atomic E-state index is 0.533.